The number of sulfonamides is 1. The summed E-state index contributed by atoms with van der Waals surface area (Å²) in [6.07, 6.45) is -2.97. The van der Waals surface area contributed by atoms with Gasteiger partial charge in [-0.25, -0.2) is 8.42 Å². The second kappa shape index (κ2) is 11.7. The number of hydrogen-bond donors (Lipinski definition) is 2. The minimum atomic E-state index is -4.67. The van der Waals surface area contributed by atoms with Crippen molar-refractivity contribution in [1.82, 2.24) is 9.62 Å². The van der Waals surface area contributed by atoms with Crippen LogP contribution in [0.3, 0.4) is 0 Å². The van der Waals surface area contributed by atoms with Crippen LogP contribution in [0.1, 0.15) is 37.8 Å². The molecule has 0 heterocycles. The van der Waals surface area contributed by atoms with Crippen LogP contribution >= 0.6 is 0 Å². The summed E-state index contributed by atoms with van der Waals surface area (Å²) in [6, 6.07) is 12.8. The number of rotatable bonds is 12. The van der Waals surface area contributed by atoms with Gasteiger partial charge in [0.05, 0.1) is 16.6 Å². The molecule has 0 amide bonds. The lowest BCUT2D eigenvalue weighted by Gasteiger charge is -2.29. The number of β-amino-alcohol motifs (C(OH)–C–C–N with tert-alkyl or cyclic N) is 1. The Hall–Kier alpha value is -1.88. The Morgan fingerprint density at radius 2 is 1.76 bits per heavy atom. The van der Waals surface area contributed by atoms with Crippen molar-refractivity contribution in [1.29, 1.82) is 0 Å². The number of hydrogen-bond acceptors (Lipinski definition) is 4. The first-order chi connectivity index (χ1) is 15.7. The van der Waals surface area contributed by atoms with E-state index < -0.39 is 32.8 Å². The third kappa shape index (κ3) is 8.41. The molecule has 1 atom stereocenters. The van der Waals surface area contributed by atoms with Crippen LogP contribution in [0.5, 0.6) is 0 Å². The van der Waals surface area contributed by atoms with Gasteiger partial charge in [0.15, 0.2) is 0 Å². The predicted octanol–water partition coefficient (Wildman–Crippen LogP) is 3.46. The van der Waals surface area contributed by atoms with Gasteiger partial charge in [-0.2, -0.15) is 17.5 Å². The molecular formula is C24H33BF3N2O3S. The van der Waals surface area contributed by atoms with Gasteiger partial charge in [-0.3, -0.25) is 0 Å². The molecule has 0 bridgehead atoms. The van der Waals surface area contributed by atoms with Gasteiger partial charge in [0, 0.05) is 25.7 Å². The van der Waals surface area contributed by atoms with E-state index >= 15 is 0 Å². The first kappa shape index (κ1) is 28.4. The highest BCUT2D eigenvalue weighted by atomic mass is 32.2. The zero-order chi connectivity index (χ0) is 25.6. The molecule has 0 unspecified atom stereocenters. The van der Waals surface area contributed by atoms with Gasteiger partial charge in [0.1, 0.15) is 7.28 Å². The van der Waals surface area contributed by atoms with Crippen molar-refractivity contribution in [3.8, 4) is 0 Å². The molecule has 1 radical (unpaired) electrons. The fourth-order valence-corrected chi connectivity index (χ4v) is 4.89. The zero-order valence-corrected chi connectivity index (χ0v) is 20.9. The third-order valence-corrected chi connectivity index (χ3v) is 7.49. The summed E-state index contributed by atoms with van der Waals surface area (Å²) < 4.78 is 66.3. The highest BCUT2D eigenvalue weighted by molar-refractivity contribution is 7.89. The van der Waals surface area contributed by atoms with E-state index in [0.29, 0.717) is 6.07 Å². The van der Waals surface area contributed by atoms with Crippen LogP contribution in [0.4, 0.5) is 13.2 Å². The topological polar surface area (TPSA) is 69.6 Å². The van der Waals surface area contributed by atoms with Crippen molar-refractivity contribution in [3.05, 3.63) is 59.7 Å². The lowest BCUT2D eigenvalue weighted by molar-refractivity contribution is -0.137. The Balaban J connectivity index is 1.95. The summed E-state index contributed by atoms with van der Waals surface area (Å²) in [4.78, 5) is -0.459. The predicted molar refractivity (Wildman–Crippen MR) is 130 cm³/mol. The maximum Gasteiger partial charge on any atom is 0.416 e. The normalized spacial score (nSPS) is 13.8. The largest absolute Gasteiger partial charge is 0.416 e. The van der Waals surface area contributed by atoms with Gasteiger partial charge >= 0.3 is 6.18 Å². The first-order valence-electron chi connectivity index (χ1n) is 11.2. The molecule has 5 nitrogen and oxygen atoms in total. The van der Waals surface area contributed by atoms with E-state index in [1.807, 2.05) is 32.0 Å². The fraction of sp³-hybridized carbons (Fsp3) is 0.500. The molecule has 0 fully saturated rings. The first-order valence-corrected chi connectivity index (χ1v) is 12.6. The summed E-state index contributed by atoms with van der Waals surface area (Å²) in [5.41, 5.74) is 0.0968. The molecule has 0 saturated heterocycles. The minimum absolute atomic E-state index is 0.148. The number of aliphatic hydroxyl groups excluding tert-OH is 1. The van der Waals surface area contributed by atoms with E-state index in [4.69, 9.17) is 0 Å². The number of likely N-dealkylation sites (N-methyl/N-ethyl adjacent to an activating group) is 1. The highest BCUT2D eigenvalue weighted by Crippen LogP contribution is 2.30. The Morgan fingerprint density at radius 3 is 2.35 bits per heavy atom. The van der Waals surface area contributed by atoms with Gasteiger partial charge in [-0.1, -0.05) is 48.7 Å². The highest BCUT2D eigenvalue weighted by Gasteiger charge is 2.33. The van der Waals surface area contributed by atoms with Crippen molar-refractivity contribution < 1.29 is 26.7 Å². The van der Waals surface area contributed by atoms with E-state index in [9.17, 15) is 26.7 Å². The second-order valence-corrected chi connectivity index (χ2v) is 11.2. The smallest absolute Gasteiger partial charge is 0.390 e. The van der Waals surface area contributed by atoms with Crippen LogP contribution in [0.15, 0.2) is 53.4 Å². The second-order valence-electron chi connectivity index (χ2n) is 9.12. The maximum absolute atomic E-state index is 13.2. The fourth-order valence-electron chi connectivity index (χ4n) is 3.60. The number of benzene rings is 2. The molecule has 0 aromatic heterocycles. The van der Waals surface area contributed by atoms with Gasteiger partial charge in [0.25, 0.3) is 0 Å². The molecule has 2 rings (SSSR count). The molecule has 0 aliphatic rings. The molecule has 34 heavy (non-hydrogen) atoms. The number of aliphatic hydroxyl groups is 1. The summed E-state index contributed by atoms with van der Waals surface area (Å²) in [7, 11) is -1.56. The maximum atomic E-state index is 13.2. The third-order valence-electron chi connectivity index (χ3n) is 5.69. The lowest BCUT2D eigenvalue weighted by atomic mass is 9.73. The summed E-state index contributed by atoms with van der Waals surface area (Å²) >= 11 is 0. The standard InChI is InChI=1S/C24H33BF3N2O3S/c1-23(2,12-8-11-18-9-6-5-7-10-18)29-16-21(31)17-30(4)34(32,33)22-14-19(24(26,27)28)13-20(15-22)25-3/h5-7,9-10,13-15,21,29,31H,8,11-12,16-17H2,1-4H3/t21-/m1/s1. The van der Waals surface area contributed by atoms with Gasteiger partial charge < -0.3 is 10.4 Å². The van der Waals surface area contributed by atoms with Crippen LogP contribution in [-0.2, 0) is 22.6 Å². The van der Waals surface area contributed by atoms with Crippen LogP contribution in [0.25, 0.3) is 0 Å². The van der Waals surface area contributed by atoms with Crippen LogP contribution in [-0.4, -0.2) is 56.9 Å². The minimum Gasteiger partial charge on any atom is -0.390 e. The van der Waals surface area contributed by atoms with Gasteiger partial charge in [-0.15, -0.1) is 0 Å². The van der Waals surface area contributed by atoms with Crippen molar-refractivity contribution in [2.45, 2.75) is 62.6 Å². The van der Waals surface area contributed by atoms with Gasteiger partial charge in [0.2, 0.25) is 10.0 Å². The van der Waals surface area contributed by atoms with Crippen LogP contribution in [0, 0.1) is 0 Å². The van der Waals surface area contributed by atoms with E-state index in [2.05, 4.69) is 17.4 Å². The number of aryl methyl sites for hydroxylation is 1. The zero-order valence-electron chi connectivity index (χ0n) is 20.1. The average molecular weight is 497 g/mol. The number of alkyl halides is 3. The van der Waals surface area contributed by atoms with Crippen LogP contribution < -0.4 is 10.8 Å². The Bertz CT molecular complexity index is 1030. The average Bonchev–Trinajstić information content (AvgIpc) is 2.77. The van der Waals surface area contributed by atoms with Gasteiger partial charge in [-0.05, 0) is 50.8 Å². The summed E-state index contributed by atoms with van der Waals surface area (Å²) in [5.74, 6) is 0. The van der Waals surface area contributed by atoms with Crippen molar-refractivity contribution in [2.75, 3.05) is 20.1 Å². The molecule has 2 aromatic carbocycles. The molecule has 0 aliphatic heterocycles. The molecule has 187 valence electrons. The van der Waals surface area contributed by atoms with E-state index in [-0.39, 0.29) is 24.1 Å². The van der Waals surface area contributed by atoms with E-state index in [1.165, 1.54) is 32.8 Å². The number of nitrogens with one attached hydrogen (secondary N) is 1. The number of nitrogens with zero attached hydrogens (tertiary/aromatic N) is 1. The summed E-state index contributed by atoms with van der Waals surface area (Å²) in [5, 5.41) is 13.7. The Kier molecular flexibility index (Phi) is 9.76. The molecule has 10 heteroatoms. The van der Waals surface area contributed by atoms with Crippen molar-refractivity contribution in [3.63, 3.8) is 0 Å². The molecular weight excluding hydrogens is 464 g/mol. The molecule has 0 spiro atoms. The Labute approximate surface area is 201 Å². The van der Waals surface area contributed by atoms with Crippen LogP contribution in [0.2, 0.25) is 6.82 Å². The quantitative estimate of drug-likeness (QED) is 0.441. The summed E-state index contributed by atoms with van der Waals surface area (Å²) in [6.45, 7) is 5.45. The molecule has 2 N–H and O–H groups in total. The lowest BCUT2D eigenvalue weighted by Crippen LogP contribution is -2.46. The SMILES string of the molecule is C[B]c1cc(C(F)(F)F)cc(S(=O)(=O)N(C)C[C@H](O)CNC(C)(C)CCCc2ccccc2)c1. The molecule has 0 saturated carbocycles. The number of halogens is 3. The Morgan fingerprint density at radius 1 is 1.12 bits per heavy atom. The molecule has 2 aromatic rings. The van der Waals surface area contributed by atoms with Crippen molar-refractivity contribution in [2.24, 2.45) is 0 Å². The molecule has 0 aliphatic carbocycles. The van der Waals surface area contributed by atoms with E-state index in [1.54, 1.807) is 0 Å². The monoisotopic (exact) mass is 497 g/mol. The van der Waals surface area contributed by atoms with Crippen molar-refractivity contribution >= 4 is 22.8 Å². The van der Waals surface area contributed by atoms with E-state index in [0.717, 1.165) is 29.6 Å².